The Bertz CT molecular complexity index is 2400. The largest absolute Gasteiger partial charge is 0.455 e. The highest BCUT2D eigenvalue weighted by Gasteiger charge is 2.78. The summed E-state index contributed by atoms with van der Waals surface area (Å²) in [6.07, 6.45) is -12.5. The number of amides is 2. The minimum Gasteiger partial charge on any atom is -0.455 e. The predicted molar refractivity (Wildman–Crippen MR) is 241 cm³/mol. The van der Waals surface area contributed by atoms with Crippen LogP contribution < -0.4 is 16.4 Å². The lowest BCUT2D eigenvalue weighted by Gasteiger charge is -2.67. The second-order valence-electron chi connectivity index (χ2n) is 19.7. The molecule has 70 heavy (non-hydrogen) atoms. The van der Waals surface area contributed by atoms with E-state index in [0.717, 1.165) is 6.92 Å². The van der Waals surface area contributed by atoms with E-state index in [1.165, 1.54) is 52.0 Å². The first-order valence-corrected chi connectivity index (χ1v) is 22.7. The number of aliphatic hydroxyl groups is 3. The molecule has 6 rings (SSSR count). The van der Waals surface area contributed by atoms with Gasteiger partial charge in [0.05, 0.1) is 36.2 Å². The summed E-state index contributed by atoms with van der Waals surface area (Å²) in [7, 11) is 0. The molecule has 1 saturated heterocycles. The highest BCUT2D eigenvalue weighted by molar-refractivity contribution is 5.94. The number of carbonyl (C=O) groups excluding carboxylic acids is 8. The van der Waals surface area contributed by atoms with Gasteiger partial charge in [-0.15, -0.1) is 0 Å². The molecule has 0 aromatic heterocycles. The van der Waals surface area contributed by atoms with Gasteiger partial charge >= 0.3 is 35.9 Å². The van der Waals surface area contributed by atoms with Crippen molar-refractivity contribution in [3.8, 4) is 0 Å². The summed E-state index contributed by atoms with van der Waals surface area (Å²) in [6.45, 7) is 9.06. The van der Waals surface area contributed by atoms with Crippen molar-refractivity contribution in [2.45, 2.75) is 128 Å². The quantitative estimate of drug-likeness (QED) is 0.0886. The molecule has 2 aromatic rings. The fourth-order valence-electron chi connectivity index (χ4n) is 10.3. The molecule has 4 aliphatic rings. The number of esters is 5. The Kier molecular flexibility index (Phi) is 15.3. The maximum atomic E-state index is 15.2. The van der Waals surface area contributed by atoms with Gasteiger partial charge in [0, 0.05) is 25.2 Å². The Morgan fingerprint density at radius 1 is 0.929 bits per heavy atom. The molecule has 21 heteroatoms. The number of hydrogen-bond donors (Lipinski definition) is 6. The molecule has 3 aliphatic carbocycles. The van der Waals surface area contributed by atoms with Gasteiger partial charge in [-0.2, -0.15) is 0 Å². The standard InChI is InChI=1S/C49H61N3O18/c1-25-29(66-43(61)38(67-34(57)23-64-33(56)22-51-32(55)21-50)36(27-15-11-9-12-16-27)52-44(62)70-45(3,4)5)20-49(63)41(68-42(60)28-17-13-10-14-18-28)39-47(8,40(59)37(58)35(25)46(49,6)7)30(54)19-31-48(39,24-65-31)69-26(2)53/h9-18,29-31,36-39,41,54,58,63H,19-24,50H2,1-8H3,(H,51,55)(H,52,62)/t29-,30-,31+,36-,37+,38+,39-,41-,47+,48-,49+/m0/s1. The van der Waals surface area contributed by atoms with Crippen LogP contribution in [0.5, 0.6) is 0 Å². The van der Waals surface area contributed by atoms with Gasteiger partial charge in [0.25, 0.3) is 0 Å². The Morgan fingerprint density at radius 2 is 1.56 bits per heavy atom. The first-order chi connectivity index (χ1) is 32.7. The molecule has 0 radical (unpaired) electrons. The van der Waals surface area contributed by atoms with Gasteiger partial charge in [0.15, 0.2) is 18.0 Å². The molecule has 380 valence electrons. The van der Waals surface area contributed by atoms with Crippen LogP contribution >= 0.6 is 0 Å². The molecular formula is C49H61N3O18. The number of aliphatic hydroxyl groups excluding tert-OH is 2. The molecule has 2 amide bonds. The summed E-state index contributed by atoms with van der Waals surface area (Å²) in [5.74, 6) is -8.89. The summed E-state index contributed by atoms with van der Waals surface area (Å²) in [6, 6.07) is 13.8. The second kappa shape index (κ2) is 20.2. The molecule has 1 aliphatic heterocycles. The van der Waals surface area contributed by atoms with Crippen LogP contribution in [-0.2, 0) is 61.9 Å². The minimum atomic E-state index is -2.50. The topological polar surface area (TPSA) is 312 Å². The summed E-state index contributed by atoms with van der Waals surface area (Å²) in [5.41, 5.74) is -3.91. The van der Waals surface area contributed by atoms with Crippen LogP contribution in [-0.4, -0.2) is 143 Å². The third-order valence-corrected chi connectivity index (χ3v) is 13.8. The average Bonchev–Trinajstić information content (AvgIpc) is 3.29. The van der Waals surface area contributed by atoms with Crippen molar-refractivity contribution in [1.82, 2.24) is 10.6 Å². The van der Waals surface area contributed by atoms with Crippen molar-refractivity contribution >= 4 is 47.6 Å². The third kappa shape index (κ3) is 10.2. The summed E-state index contributed by atoms with van der Waals surface area (Å²) < 4.78 is 40.6. The zero-order valence-electron chi connectivity index (χ0n) is 40.2. The highest BCUT2D eigenvalue weighted by Crippen LogP contribution is 2.64. The van der Waals surface area contributed by atoms with Crippen molar-refractivity contribution in [3.05, 3.63) is 82.9 Å². The van der Waals surface area contributed by atoms with E-state index in [1.807, 2.05) is 0 Å². The Balaban J connectivity index is 1.48. The van der Waals surface area contributed by atoms with Gasteiger partial charge in [-0.25, -0.2) is 19.2 Å². The van der Waals surface area contributed by atoms with E-state index in [4.69, 9.17) is 38.9 Å². The molecule has 2 bridgehead atoms. The van der Waals surface area contributed by atoms with E-state index >= 15 is 4.79 Å². The zero-order chi connectivity index (χ0) is 51.7. The number of nitrogens with two attached hydrogens (primary N) is 1. The summed E-state index contributed by atoms with van der Waals surface area (Å²) in [4.78, 5) is 108. The minimum absolute atomic E-state index is 0.0177. The first-order valence-electron chi connectivity index (χ1n) is 22.7. The van der Waals surface area contributed by atoms with E-state index in [1.54, 1.807) is 57.2 Å². The number of nitrogens with one attached hydrogen (secondary N) is 2. The average molecular weight is 980 g/mol. The van der Waals surface area contributed by atoms with Gasteiger partial charge in [-0.3, -0.25) is 19.2 Å². The number of hydrogen-bond acceptors (Lipinski definition) is 19. The zero-order valence-corrected chi connectivity index (χ0v) is 40.2. The van der Waals surface area contributed by atoms with Crippen molar-refractivity contribution < 1.29 is 86.8 Å². The van der Waals surface area contributed by atoms with Gasteiger partial charge in [0.1, 0.15) is 48.2 Å². The molecule has 7 N–H and O–H groups in total. The van der Waals surface area contributed by atoms with Crippen molar-refractivity contribution in [1.29, 1.82) is 0 Å². The number of fused-ring (bicyclic) bond motifs is 5. The van der Waals surface area contributed by atoms with Crippen LogP contribution in [0, 0.1) is 16.7 Å². The van der Waals surface area contributed by atoms with Crippen LogP contribution in [0.25, 0.3) is 0 Å². The first kappa shape index (κ1) is 53.1. The molecular weight excluding hydrogens is 919 g/mol. The Hall–Kier alpha value is -6.26. The monoisotopic (exact) mass is 979 g/mol. The molecule has 0 spiro atoms. The lowest BCUT2D eigenvalue weighted by atomic mass is 9.44. The van der Waals surface area contributed by atoms with Gasteiger partial charge in [0.2, 0.25) is 12.0 Å². The molecule has 21 nitrogen and oxygen atoms in total. The summed E-state index contributed by atoms with van der Waals surface area (Å²) in [5, 5.41) is 42.8. The SMILES string of the molecule is CC(=O)O[C@@]12CO[C@@H]1C[C@H](O)[C@@]1(C)C(=O)[C@H](O)C3=C(C)[C@@H](OC(=O)[C@H](OC(=O)COC(=O)CNC(=O)CN)[C@@H](NC(=O)OC(C)(C)C)c4ccccc4)C[C@@](O)([C@@H](OC(=O)c4ccccc4)[C@H]21)C3(C)C. The number of ether oxygens (including phenoxy) is 7. The van der Waals surface area contributed by atoms with E-state index in [9.17, 15) is 48.9 Å². The molecule has 11 atom stereocenters. The molecule has 3 fully saturated rings. The molecule has 2 saturated carbocycles. The third-order valence-electron chi connectivity index (χ3n) is 13.8. The maximum absolute atomic E-state index is 15.2. The number of benzene rings is 2. The van der Waals surface area contributed by atoms with Gasteiger partial charge < -0.3 is 64.8 Å². The van der Waals surface area contributed by atoms with Crippen molar-refractivity contribution in [2.24, 2.45) is 22.5 Å². The van der Waals surface area contributed by atoms with Crippen LogP contribution in [0.15, 0.2) is 71.8 Å². The Morgan fingerprint density at radius 3 is 2.13 bits per heavy atom. The number of carbonyl (C=O) groups is 8. The number of alkyl carbamates (subject to hydrolysis) is 1. The van der Waals surface area contributed by atoms with Crippen LogP contribution in [0.3, 0.4) is 0 Å². The lowest BCUT2D eigenvalue weighted by molar-refractivity contribution is -0.346. The van der Waals surface area contributed by atoms with E-state index in [-0.39, 0.29) is 35.3 Å². The fraction of sp³-hybridized carbons (Fsp3) is 0.551. The highest BCUT2D eigenvalue weighted by atomic mass is 16.6. The smallest absolute Gasteiger partial charge is 0.408 e. The van der Waals surface area contributed by atoms with E-state index in [0.29, 0.717) is 0 Å². The maximum Gasteiger partial charge on any atom is 0.408 e. The second-order valence-corrected chi connectivity index (χ2v) is 19.7. The van der Waals surface area contributed by atoms with E-state index < -0.39 is 150 Å². The fourth-order valence-corrected chi connectivity index (χ4v) is 10.3. The molecule has 1 heterocycles. The normalized spacial score (nSPS) is 29.6. The van der Waals surface area contributed by atoms with Crippen molar-refractivity contribution in [2.75, 3.05) is 26.3 Å². The van der Waals surface area contributed by atoms with Gasteiger partial charge in [-0.1, -0.05) is 62.4 Å². The van der Waals surface area contributed by atoms with Gasteiger partial charge in [-0.05, 0) is 63.5 Å². The van der Waals surface area contributed by atoms with Crippen LogP contribution in [0.4, 0.5) is 4.79 Å². The van der Waals surface area contributed by atoms with E-state index in [2.05, 4.69) is 10.6 Å². The summed E-state index contributed by atoms with van der Waals surface area (Å²) >= 11 is 0. The Labute approximate surface area is 403 Å². The predicted octanol–water partition coefficient (Wildman–Crippen LogP) is 1.43. The van der Waals surface area contributed by atoms with Crippen LogP contribution in [0.1, 0.15) is 90.2 Å². The van der Waals surface area contributed by atoms with Crippen LogP contribution in [0.2, 0.25) is 0 Å². The number of Topliss-reactive ketones (excluding diaryl/α,β-unsaturated/α-hetero) is 1. The molecule has 0 unspecified atom stereocenters. The molecule has 2 aromatic carbocycles. The number of rotatable bonds is 14. The number of ketones is 1. The lowest BCUT2D eigenvalue weighted by Crippen LogP contribution is -2.81. The van der Waals surface area contributed by atoms with Crippen molar-refractivity contribution in [3.63, 3.8) is 0 Å².